The van der Waals surface area contributed by atoms with Gasteiger partial charge in [0.15, 0.2) is 5.69 Å². The predicted octanol–water partition coefficient (Wildman–Crippen LogP) is 2.98. The van der Waals surface area contributed by atoms with Gasteiger partial charge in [0.05, 0.1) is 22.6 Å². The quantitative estimate of drug-likeness (QED) is 0.860. The van der Waals surface area contributed by atoms with Gasteiger partial charge in [-0.05, 0) is 24.5 Å². The van der Waals surface area contributed by atoms with Crippen LogP contribution in [0.15, 0.2) is 24.3 Å². The Labute approximate surface area is 135 Å². The fourth-order valence-electron chi connectivity index (χ4n) is 3.47. The van der Waals surface area contributed by atoms with Gasteiger partial charge in [-0.3, -0.25) is 4.79 Å². The number of benzene rings is 1. The summed E-state index contributed by atoms with van der Waals surface area (Å²) in [5.41, 5.74) is 7.32. The topological polar surface area (TPSA) is 85.9 Å². The van der Waals surface area contributed by atoms with Crippen molar-refractivity contribution in [1.29, 1.82) is 0 Å². The van der Waals surface area contributed by atoms with Crippen molar-refractivity contribution in [3.05, 3.63) is 35.7 Å². The van der Waals surface area contributed by atoms with Gasteiger partial charge in [0.25, 0.3) is 5.91 Å². The first-order chi connectivity index (χ1) is 11.2. The van der Waals surface area contributed by atoms with E-state index in [2.05, 4.69) is 9.97 Å². The third-order valence-corrected chi connectivity index (χ3v) is 4.66. The van der Waals surface area contributed by atoms with Gasteiger partial charge >= 0.3 is 0 Å². The Hall–Kier alpha value is -2.30. The molecule has 0 saturated heterocycles. The van der Waals surface area contributed by atoms with Crippen LogP contribution in [-0.4, -0.2) is 22.2 Å². The molecule has 3 rings (SSSR count). The van der Waals surface area contributed by atoms with Gasteiger partial charge in [0, 0.05) is 0 Å². The molecule has 0 aliphatic heterocycles. The van der Waals surface area contributed by atoms with E-state index in [-0.39, 0.29) is 5.69 Å². The van der Waals surface area contributed by atoms with Crippen molar-refractivity contribution in [2.45, 2.75) is 44.4 Å². The van der Waals surface area contributed by atoms with Crippen LogP contribution in [-0.2, 0) is 4.79 Å². The number of nitrogens with zero attached hydrogens (tertiary/aromatic N) is 2. The summed E-state index contributed by atoms with van der Waals surface area (Å²) in [6.07, 6.45) is 7.57. The molecule has 1 unspecified atom stereocenters. The average molecular weight is 311 g/mol. The second kappa shape index (κ2) is 6.86. The average Bonchev–Trinajstić information content (AvgIpc) is 2.59. The Morgan fingerprint density at radius 3 is 2.43 bits per heavy atom. The van der Waals surface area contributed by atoms with Crippen LogP contribution < -0.4 is 5.73 Å². The summed E-state index contributed by atoms with van der Waals surface area (Å²) in [5.74, 6) is -0.542. The monoisotopic (exact) mass is 311 g/mol. The number of amides is 1. The molecule has 1 amide bonds. The van der Waals surface area contributed by atoms with Crippen LogP contribution in [0, 0.1) is 5.92 Å². The maximum Gasteiger partial charge on any atom is 0.269 e. The van der Waals surface area contributed by atoms with E-state index in [1.807, 2.05) is 18.2 Å². The number of primary amides is 1. The van der Waals surface area contributed by atoms with Crippen LogP contribution in [0.1, 0.15) is 60.6 Å². The number of fused-ring (bicyclic) bond motifs is 1. The molecule has 0 radical (unpaired) electrons. The highest BCUT2D eigenvalue weighted by Gasteiger charge is 2.25. The Kier molecular flexibility index (Phi) is 4.65. The number of carbonyl (C=O) groups excluding carboxylic acids is 2. The Balaban J connectivity index is 1.98. The lowest BCUT2D eigenvalue weighted by Crippen LogP contribution is -2.21. The summed E-state index contributed by atoms with van der Waals surface area (Å²) >= 11 is 0. The number of nitrogens with two attached hydrogens (primary N) is 1. The third-order valence-electron chi connectivity index (χ3n) is 4.66. The van der Waals surface area contributed by atoms with Crippen molar-refractivity contribution < 1.29 is 9.59 Å². The first-order valence-electron chi connectivity index (χ1n) is 8.21. The van der Waals surface area contributed by atoms with E-state index in [0.717, 1.165) is 25.5 Å². The Bertz CT molecular complexity index is 723. The summed E-state index contributed by atoms with van der Waals surface area (Å²) in [6, 6.07) is 7.32. The number of para-hydroxylation sites is 2. The highest BCUT2D eigenvalue weighted by Crippen LogP contribution is 2.32. The lowest BCUT2D eigenvalue weighted by molar-refractivity contribution is -0.109. The normalized spacial score (nSPS) is 17.0. The predicted molar refractivity (Wildman–Crippen MR) is 88.1 cm³/mol. The van der Waals surface area contributed by atoms with Gasteiger partial charge in [-0.25, -0.2) is 9.97 Å². The molecular weight excluding hydrogens is 290 g/mol. The van der Waals surface area contributed by atoms with Crippen LogP contribution >= 0.6 is 0 Å². The molecule has 2 aromatic rings. The molecule has 1 aromatic carbocycles. The first kappa shape index (κ1) is 15.6. The van der Waals surface area contributed by atoms with Gasteiger partial charge in [-0.1, -0.05) is 44.2 Å². The third kappa shape index (κ3) is 3.38. The van der Waals surface area contributed by atoms with Gasteiger partial charge in [0.1, 0.15) is 6.29 Å². The zero-order valence-corrected chi connectivity index (χ0v) is 13.1. The molecule has 0 bridgehead atoms. The summed E-state index contributed by atoms with van der Waals surface area (Å²) < 4.78 is 0. The van der Waals surface area contributed by atoms with Crippen LogP contribution in [0.4, 0.5) is 0 Å². The largest absolute Gasteiger partial charge is 0.364 e. The molecule has 1 saturated carbocycles. The zero-order chi connectivity index (χ0) is 16.2. The number of hydrogen-bond acceptors (Lipinski definition) is 4. The van der Waals surface area contributed by atoms with Crippen LogP contribution in [0.25, 0.3) is 11.0 Å². The summed E-state index contributed by atoms with van der Waals surface area (Å²) in [6.45, 7) is 0. The number of rotatable bonds is 5. The van der Waals surface area contributed by atoms with Crippen molar-refractivity contribution in [2.24, 2.45) is 11.7 Å². The Morgan fingerprint density at radius 1 is 1.17 bits per heavy atom. The molecule has 5 nitrogen and oxygen atoms in total. The van der Waals surface area contributed by atoms with Crippen molar-refractivity contribution >= 4 is 23.2 Å². The fraction of sp³-hybridized carbons (Fsp3) is 0.444. The molecule has 120 valence electrons. The summed E-state index contributed by atoms with van der Waals surface area (Å²) in [5, 5.41) is 0. The van der Waals surface area contributed by atoms with Gasteiger partial charge < -0.3 is 10.5 Å². The minimum atomic E-state index is -0.631. The van der Waals surface area contributed by atoms with E-state index >= 15 is 0 Å². The van der Waals surface area contributed by atoms with E-state index in [4.69, 9.17) is 5.73 Å². The Morgan fingerprint density at radius 2 is 1.83 bits per heavy atom. The second-order valence-corrected chi connectivity index (χ2v) is 6.29. The van der Waals surface area contributed by atoms with Crippen molar-refractivity contribution in [1.82, 2.24) is 9.97 Å². The van der Waals surface area contributed by atoms with Gasteiger partial charge in [0.2, 0.25) is 0 Å². The summed E-state index contributed by atoms with van der Waals surface area (Å²) in [4.78, 5) is 32.3. The van der Waals surface area contributed by atoms with Crippen molar-refractivity contribution in [2.75, 3.05) is 0 Å². The van der Waals surface area contributed by atoms with E-state index in [1.165, 1.54) is 19.3 Å². The zero-order valence-electron chi connectivity index (χ0n) is 13.1. The molecule has 1 aliphatic rings. The number of hydrogen-bond donors (Lipinski definition) is 1. The maximum atomic E-state index is 11.8. The number of carbonyl (C=O) groups is 2. The second-order valence-electron chi connectivity index (χ2n) is 6.29. The first-order valence-corrected chi connectivity index (χ1v) is 8.21. The standard InChI is InChI=1S/C18H21N3O2/c19-18(23)17-16(20-14-8-4-5-9-15(14)21-17)13(11-22)10-12-6-2-1-3-7-12/h4-5,8-9,11-13H,1-3,6-7,10H2,(H2,19,23). The smallest absolute Gasteiger partial charge is 0.269 e. The summed E-state index contributed by atoms with van der Waals surface area (Å²) in [7, 11) is 0. The molecule has 23 heavy (non-hydrogen) atoms. The molecule has 1 aliphatic carbocycles. The van der Waals surface area contributed by atoms with E-state index in [9.17, 15) is 9.59 Å². The molecule has 1 fully saturated rings. The molecule has 1 aromatic heterocycles. The number of aromatic nitrogens is 2. The van der Waals surface area contributed by atoms with E-state index in [0.29, 0.717) is 22.6 Å². The van der Waals surface area contributed by atoms with Crippen LogP contribution in [0.2, 0.25) is 0 Å². The minimum absolute atomic E-state index is 0.122. The molecule has 0 spiro atoms. The van der Waals surface area contributed by atoms with Gasteiger partial charge in [-0.2, -0.15) is 0 Å². The molecule has 1 atom stereocenters. The van der Waals surface area contributed by atoms with Crippen molar-refractivity contribution in [3.8, 4) is 0 Å². The SMILES string of the molecule is NC(=O)c1nc2ccccc2nc1C(C=O)CC1CCCCC1. The lowest BCUT2D eigenvalue weighted by atomic mass is 9.82. The fourth-order valence-corrected chi connectivity index (χ4v) is 3.47. The number of aldehydes is 1. The van der Waals surface area contributed by atoms with Gasteiger partial charge in [-0.15, -0.1) is 0 Å². The van der Waals surface area contributed by atoms with Crippen molar-refractivity contribution in [3.63, 3.8) is 0 Å². The molecule has 5 heteroatoms. The molecule has 1 heterocycles. The van der Waals surface area contributed by atoms with Crippen LogP contribution in [0.5, 0.6) is 0 Å². The van der Waals surface area contributed by atoms with E-state index in [1.54, 1.807) is 6.07 Å². The molecule has 2 N–H and O–H groups in total. The van der Waals surface area contributed by atoms with E-state index < -0.39 is 11.8 Å². The minimum Gasteiger partial charge on any atom is -0.364 e. The van der Waals surface area contributed by atoms with Crippen LogP contribution in [0.3, 0.4) is 0 Å². The maximum absolute atomic E-state index is 11.8. The highest BCUT2D eigenvalue weighted by atomic mass is 16.1. The highest BCUT2D eigenvalue weighted by molar-refractivity contribution is 5.95. The lowest BCUT2D eigenvalue weighted by Gasteiger charge is -2.24. The molecular formula is C18H21N3O2.